The van der Waals surface area contributed by atoms with Crippen LogP contribution in [0, 0.1) is 0 Å². The maximum absolute atomic E-state index is 11.8. The average molecular weight is 245 g/mol. The molecule has 0 spiro atoms. The summed E-state index contributed by atoms with van der Waals surface area (Å²) >= 11 is 0. The molecule has 6 nitrogen and oxygen atoms in total. The first-order valence-electron chi connectivity index (χ1n) is 5.51. The molecule has 0 N–H and O–H groups in total. The summed E-state index contributed by atoms with van der Waals surface area (Å²) in [7, 11) is 4.31. The lowest BCUT2D eigenvalue weighted by atomic mass is 10.2. The SMILES string of the molecule is COC(=O)C1CCC(=O)N1C(C)C(OC)OC. The zero-order valence-corrected chi connectivity index (χ0v) is 10.6. The molecule has 1 fully saturated rings. The topological polar surface area (TPSA) is 65.1 Å². The maximum atomic E-state index is 11.8. The van der Waals surface area contributed by atoms with Crippen LogP contribution in [0.15, 0.2) is 0 Å². The Labute approximate surface area is 101 Å². The van der Waals surface area contributed by atoms with Gasteiger partial charge in [0.05, 0.1) is 13.2 Å². The van der Waals surface area contributed by atoms with E-state index in [1.54, 1.807) is 6.92 Å². The molecule has 1 aliphatic rings. The predicted molar refractivity (Wildman–Crippen MR) is 59.2 cm³/mol. The summed E-state index contributed by atoms with van der Waals surface area (Å²) in [5, 5.41) is 0. The molecule has 1 amide bonds. The third kappa shape index (κ3) is 2.76. The van der Waals surface area contributed by atoms with E-state index in [0.29, 0.717) is 12.8 Å². The quantitative estimate of drug-likeness (QED) is 0.510. The molecular formula is C11H19NO5. The normalized spacial score (nSPS) is 22.1. The Morgan fingerprint density at radius 2 is 1.94 bits per heavy atom. The molecule has 1 saturated heterocycles. The zero-order chi connectivity index (χ0) is 13.0. The van der Waals surface area contributed by atoms with Crippen LogP contribution in [-0.4, -0.2) is 56.5 Å². The molecule has 0 aromatic rings. The van der Waals surface area contributed by atoms with Crippen LogP contribution in [0.25, 0.3) is 0 Å². The van der Waals surface area contributed by atoms with E-state index in [2.05, 4.69) is 0 Å². The number of nitrogens with zero attached hydrogens (tertiary/aromatic N) is 1. The standard InChI is InChI=1S/C11H19NO5/c1-7(11(16-3)17-4)12-8(10(14)15-2)5-6-9(12)13/h7-8,11H,5-6H2,1-4H3. The van der Waals surface area contributed by atoms with Crippen molar-refractivity contribution in [2.75, 3.05) is 21.3 Å². The minimum Gasteiger partial charge on any atom is -0.467 e. The van der Waals surface area contributed by atoms with Gasteiger partial charge in [0.1, 0.15) is 6.04 Å². The molecular weight excluding hydrogens is 226 g/mol. The molecule has 6 heteroatoms. The monoisotopic (exact) mass is 245 g/mol. The minimum absolute atomic E-state index is 0.0769. The van der Waals surface area contributed by atoms with Gasteiger partial charge >= 0.3 is 5.97 Å². The van der Waals surface area contributed by atoms with E-state index < -0.39 is 18.3 Å². The van der Waals surface area contributed by atoms with Gasteiger partial charge in [-0.05, 0) is 13.3 Å². The molecule has 0 aromatic heterocycles. The van der Waals surface area contributed by atoms with Gasteiger partial charge < -0.3 is 19.1 Å². The fourth-order valence-electron chi connectivity index (χ4n) is 2.20. The van der Waals surface area contributed by atoms with Crippen LogP contribution < -0.4 is 0 Å². The summed E-state index contributed by atoms with van der Waals surface area (Å²) < 4.78 is 14.9. The fourth-order valence-corrected chi connectivity index (χ4v) is 2.20. The van der Waals surface area contributed by atoms with E-state index in [4.69, 9.17) is 14.2 Å². The van der Waals surface area contributed by atoms with Gasteiger partial charge in [0.25, 0.3) is 0 Å². The van der Waals surface area contributed by atoms with Gasteiger partial charge in [-0.25, -0.2) is 4.79 Å². The number of ether oxygens (including phenoxy) is 3. The zero-order valence-electron chi connectivity index (χ0n) is 10.6. The summed E-state index contributed by atoms with van der Waals surface area (Å²) in [4.78, 5) is 24.9. The third-order valence-corrected chi connectivity index (χ3v) is 3.03. The molecule has 2 atom stereocenters. The van der Waals surface area contributed by atoms with Crippen molar-refractivity contribution < 1.29 is 23.8 Å². The van der Waals surface area contributed by atoms with Gasteiger partial charge in [-0.1, -0.05) is 0 Å². The summed E-state index contributed by atoms with van der Waals surface area (Å²) in [6.45, 7) is 1.79. The van der Waals surface area contributed by atoms with Crippen LogP contribution in [-0.2, 0) is 23.8 Å². The number of amides is 1. The average Bonchev–Trinajstić information content (AvgIpc) is 2.71. The van der Waals surface area contributed by atoms with E-state index in [1.807, 2.05) is 0 Å². The van der Waals surface area contributed by atoms with Gasteiger partial charge in [-0.3, -0.25) is 4.79 Å². The molecule has 0 bridgehead atoms. The van der Waals surface area contributed by atoms with Crippen LogP contribution in [0.2, 0.25) is 0 Å². The predicted octanol–water partition coefficient (Wildman–Crippen LogP) is 0.158. The maximum Gasteiger partial charge on any atom is 0.328 e. The highest BCUT2D eigenvalue weighted by Gasteiger charge is 2.42. The number of hydrogen-bond donors (Lipinski definition) is 0. The van der Waals surface area contributed by atoms with Crippen LogP contribution in [0.5, 0.6) is 0 Å². The minimum atomic E-state index is -0.552. The number of carbonyl (C=O) groups is 2. The lowest BCUT2D eigenvalue weighted by molar-refractivity contribution is -0.168. The van der Waals surface area contributed by atoms with Gasteiger partial charge in [-0.2, -0.15) is 0 Å². The van der Waals surface area contributed by atoms with Crippen LogP contribution in [0.3, 0.4) is 0 Å². The number of likely N-dealkylation sites (tertiary alicyclic amines) is 1. The number of methoxy groups -OCH3 is 3. The summed E-state index contributed by atoms with van der Waals surface area (Å²) in [5.41, 5.74) is 0. The van der Waals surface area contributed by atoms with Crippen LogP contribution in [0.4, 0.5) is 0 Å². The van der Waals surface area contributed by atoms with Crippen molar-refractivity contribution in [2.24, 2.45) is 0 Å². The molecule has 0 aliphatic carbocycles. The number of hydrogen-bond acceptors (Lipinski definition) is 5. The van der Waals surface area contributed by atoms with E-state index in [9.17, 15) is 9.59 Å². The van der Waals surface area contributed by atoms with Gasteiger partial charge in [0, 0.05) is 20.6 Å². The highest BCUT2D eigenvalue weighted by Crippen LogP contribution is 2.24. The van der Waals surface area contributed by atoms with Gasteiger partial charge in [0.2, 0.25) is 5.91 Å². The van der Waals surface area contributed by atoms with Crippen molar-refractivity contribution in [1.29, 1.82) is 0 Å². The number of carbonyl (C=O) groups excluding carboxylic acids is 2. The first-order chi connectivity index (χ1) is 8.06. The van der Waals surface area contributed by atoms with Crippen molar-refractivity contribution in [1.82, 2.24) is 4.90 Å². The van der Waals surface area contributed by atoms with E-state index >= 15 is 0 Å². The second kappa shape index (κ2) is 5.97. The smallest absolute Gasteiger partial charge is 0.328 e. The summed E-state index contributed by atoms with van der Waals surface area (Å²) in [6, 6.07) is -0.862. The lowest BCUT2D eigenvalue weighted by Crippen LogP contribution is -2.50. The molecule has 0 radical (unpaired) electrons. The van der Waals surface area contributed by atoms with Gasteiger partial charge in [-0.15, -0.1) is 0 Å². The Balaban J connectivity index is 2.83. The molecule has 1 aliphatic heterocycles. The molecule has 17 heavy (non-hydrogen) atoms. The van der Waals surface area contributed by atoms with Crippen molar-refractivity contribution in [3.63, 3.8) is 0 Å². The van der Waals surface area contributed by atoms with Crippen molar-refractivity contribution in [3.05, 3.63) is 0 Å². The first kappa shape index (κ1) is 13.9. The van der Waals surface area contributed by atoms with E-state index in [1.165, 1.54) is 26.2 Å². The Bertz CT molecular complexity index is 290. The van der Waals surface area contributed by atoms with Crippen LogP contribution >= 0.6 is 0 Å². The van der Waals surface area contributed by atoms with E-state index in [-0.39, 0.29) is 11.9 Å². The highest BCUT2D eigenvalue weighted by atomic mass is 16.7. The fraction of sp³-hybridized carbons (Fsp3) is 0.818. The largest absolute Gasteiger partial charge is 0.467 e. The Hall–Kier alpha value is -1.14. The molecule has 2 unspecified atom stereocenters. The Kier molecular flexibility index (Phi) is 4.89. The van der Waals surface area contributed by atoms with Gasteiger partial charge in [0.15, 0.2) is 6.29 Å². The number of esters is 1. The Morgan fingerprint density at radius 3 is 2.41 bits per heavy atom. The van der Waals surface area contributed by atoms with Crippen molar-refractivity contribution >= 4 is 11.9 Å². The molecule has 0 aromatic carbocycles. The third-order valence-electron chi connectivity index (χ3n) is 3.03. The first-order valence-corrected chi connectivity index (χ1v) is 5.51. The molecule has 98 valence electrons. The molecule has 1 rings (SSSR count). The Morgan fingerprint density at radius 1 is 1.35 bits per heavy atom. The van der Waals surface area contributed by atoms with E-state index in [0.717, 1.165) is 0 Å². The van der Waals surface area contributed by atoms with Crippen molar-refractivity contribution in [2.45, 2.75) is 38.1 Å². The molecule has 0 saturated carbocycles. The second-order valence-corrected chi connectivity index (χ2v) is 3.96. The number of rotatable bonds is 5. The second-order valence-electron chi connectivity index (χ2n) is 3.96. The summed E-state index contributed by atoms with van der Waals surface area (Å²) in [5.74, 6) is -0.472. The molecule has 1 heterocycles. The van der Waals surface area contributed by atoms with Crippen molar-refractivity contribution in [3.8, 4) is 0 Å². The van der Waals surface area contributed by atoms with Crippen LogP contribution in [0.1, 0.15) is 19.8 Å². The summed E-state index contributed by atoms with van der Waals surface area (Å²) in [6.07, 6.45) is 0.282. The highest BCUT2D eigenvalue weighted by molar-refractivity contribution is 5.88. The lowest BCUT2D eigenvalue weighted by Gasteiger charge is -2.33.